The molecule has 0 saturated carbocycles. The molecule has 0 aliphatic carbocycles. The molecule has 0 aromatic carbocycles. The van der Waals surface area contributed by atoms with E-state index in [1.807, 2.05) is 20.8 Å². The van der Waals surface area contributed by atoms with Crippen LogP contribution in [0.2, 0.25) is 0 Å². The minimum atomic E-state index is -0.148. The third-order valence-electron chi connectivity index (χ3n) is 2.04. The molecule has 2 atom stereocenters. The van der Waals surface area contributed by atoms with Crippen molar-refractivity contribution >= 4 is 0 Å². The zero-order valence-electron chi connectivity index (χ0n) is 9.07. The monoisotopic (exact) mass is 199 g/mol. The van der Waals surface area contributed by atoms with E-state index in [1.54, 1.807) is 7.11 Å². The molecule has 1 aromatic rings. The highest BCUT2D eigenvalue weighted by molar-refractivity contribution is 4.89. The summed E-state index contributed by atoms with van der Waals surface area (Å²) in [6.07, 6.45) is -0.148. The fourth-order valence-corrected chi connectivity index (χ4v) is 1.08. The van der Waals surface area contributed by atoms with Gasteiger partial charge in [0, 0.05) is 7.11 Å². The lowest BCUT2D eigenvalue weighted by atomic mass is 10.3. The molecule has 80 valence electrons. The summed E-state index contributed by atoms with van der Waals surface area (Å²) in [5.41, 5.74) is 0. The van der Waals surface area contributed by atoms with Crippen LogP contribution >= 0.6 is 0 Å². The SMILES string of the molecule is CCNC(C)c1nnc(C(C)OC)o1. The van der Waals surface area contributed by atoms with Crippen molar-refractivity contribution in [3.63, 3.8) is 0 Å². The Kier molecular flexibility index (Phi) is 4.03. The molecule has 0 spiro atoms. The third-order valence-corrected chi connectivity index (χ3v) is 2.04. The summed E-state index contributed by atoms with van der Waals surface area (Å²) in [4.78, 5) is 0. The van der Waals surface area contributed by atoms with Gasteiger partial charge in [-0.1, -0.05) is 6.92 Å². The highest BCUT2D eigenvalue weighted by Crippen LogP contribution is 2.17. The predicted molar refractivity (Wildman–Crippen MR) is 51.8 cm³/mol. The van der Waals surface area contributed by atoms with Crippen molar-refractivity contribution in [2.75, 3.05) is 13.7 Å². The maximum atomic E-state index is 5.44. The summed E-state index contributed by atoms with van der Waals surface area (Å²) in [6.45, 7) is 6.76. The number of methoxy groups -OCH3 is 1. The van der Waals surface area contributed by atoms with Gasteiger partial charge in [0.15, 0.2) is 0 Å². The molecule has 0 radical (unpaired) electrons. The molecular weight excluding hydrogens is 182 g/mol. The van der Waals surface area contributed by atoms with Crippen molar-refractivity contribution in [3.05, 3.63) is 11.8 Å². The highest BCUT2D eigenvalue weighted by Gasteiger charge is 2.16. The number of hydrogen-bond donors (Lipinski definition) is 1. The third kappa shape index (κ3) is 2.52. The van der Waals surface area contributed by atoms with Gasteiger partial charge in [-0.3, -0.25) is 0 Å². The average Bonchev–Trinajstić information content (AvgIpc) is 2.66. The number of rotatable bonds is 5. The van der Waals surface area contributed by atoms with Crippen molar-refractivity contribution in [2.24, 2.45) is 0 Å². The molecule has 0 fully saturated rings. The molecule has 0 aliphatic rings. The summed E-state index contributed by atoms with van der Waals surface area (Å²) in [5, 5.41) is 11.0. The summed E-state index contributed by atoms with van der Waals surface area (Å²) < 4.78 is 10.5. The molecule has 0 saturated heterocycles. The van der Waals surface area contributed by atoms with E-state index < -0.39 is 0 Å². The molecule has 0 bridgehead atoms. The van der Waals surface area contributed by atoms with Crippen LogP contribution in [0.5, 0.6) is 0 Å². The van der Waals surface area contributed by atoms with Crippen molar-refractivity contribution in [1.82, 2.24) is 15.5 Å². The van der Waals surface area contributed by atoms with Gasteiger partial charge in [0.25, 0.3) is 0 Å². The second kappa shape index (κ2) is 5.07. The van der Waals surface area contributed by atoms with E-state index >= 15 is 0 Å². The Morgan fingerprint density at radius 2 is 2.00 bits per heavy atom. The Labute approximate surface area is 83.9 Å². The summed E-state index contributed by atoms with van der Waals surface area (Å²) in [6, 6.07) is 0.0882. The van der Waals surface area contributed by atoms with Crippen LogP contribution in [-0.4, -0.2) is 23.9 Å². The van der Waals surface area contributed by atoms with Crippen molar-refractivity contribution in [3.8, 4) is 0 Å². The number of ether oxygens (including phenoxy) is 1. The van der Waals surface area contributed by atoms with Gasteiger partial charge in [-0.2, -0.15) is 0 Å². The van der Waals surface area contributed by atoms with Crippen molar-refractivity contribution in [2.45, 2.75) is 32.9 Å². The van der Waals surface area contributed by atoms with Gasteiger partial charge in [-0.25, -0.2) is 0 Å². The first-order valence-corrected chi connectivity index (χ1v) is 4.78. The van der Waals surface area contributed by atoms with Crippen LogP contribution in [-0.2, 0) is 4.74 Å². The largest absolute Gasteiger partial charge is 0.421 e. The second-order valence-corrected chi connectivity index (χ2v) is 3.14. The molecule has 0 aliphatic heterocycles. The number of nitrogens with zero attached hydrogens (tertiary/aromatic N) is 2. The fraction of sp³-hybridized carbons (Fsp3) is 0.778. The van der Waals surface area contributed by atoms with Crippen molar-refractivity contribution < 1.29 is 9.15 Å². The first kappa shape index (κ1) is 11.1. The van der Waals surface area contributed by atoms with Gasteiger partial charge in [0.05, 0.1) is 6.04 Å². The predicted octanol–water partition coefficient (Wildman–Crippen LogP) is 1.45. The molecule has 1 heterocycles. The van der Waals surface area contributed by atoms with E-state index in [0.29, 0.717) is 11.8 Å². The van der Waals surface area contributed by atoms with E-state index in [-0.39, 0.29) is 12.1 Å². The van der Waals surface area contributed by atoms with Crippen LogP contribution < -0.4 is 5.32 Å². The standard InChI is InChI=1S/C9H17N3O2/c1-5-10-6(2)8-11-12-9(14-8)7(3)13-4/h6-7,10H,5H2,1-4H3. The molecule has 1 aromatic heterocycles. The zero-order valence-corrected chi connectivity index (χ0v) is 9.07. The minimum Gasteiger partial charge on any atom is -0.421 e. The average molecular weight is 199 g/mol. The van der Waals surface area contributed by atoms with Crippen LogP contribution in [0.3, 0.4) is 0 Å². The number of hydrogen-bond acceptors (Lipinski definition) is 5. The van der Waals surface area contributed by atoms with Crippen LogP contribution in [0.15, 0.2) is 4.42 Å². The first-order valence-electron chi connectivity index (χ1n) is 4.78. The highest BCUT2D eigenvalue weighted by atomic mass is 16.5. The smallest absolute Gasteiger partial charge is 0.244 e. The van der Waals surface area contributed by atoms with Gasteiger partial charge in [-0.15, -0.1) is 10.2 Å². The van der Waals surface area contributed by atoms with Gasteiger partial charge in [0.2, 0.25) is 11.8 Å². The lowest BCUT2D eigenvalue weighted by molar-refractivity contribution is 0.0929. The Bertz CT molecular complexity index is 275. The Morgan fingerprint density at radius 3 is 2.57 bits per heavy atom. The van der Waals surface area contributed by atoms with E-state index in [4.69, 9.17) is 9.15 Å². The van der Waals surface area contributed by atoms with E-state index in [2.05, 4.69) is 15.5 Å². The Balaban J connectivity index is 2.67. The number of nitrogens with one attached hydrogen (secondary N) is 1. The summed E-state index contributed by atoms with van der Waals surface area (Å²) >= 11 is 0. The van der Waals surface area contributed by atoms with Crippen LogP contribution in [0.1, 0.15) is 44.7 Å². The van der Waals surface area contributed by atoms with Gasteiger partial charge in [0.1, 0.15) is 6.10 Å². The topological polar surface area (TPSA) is 60.2 Å². The molecule has 5 nitrogen and oxygen atoms in total. The molecular formula is C9H17N3O2. The van der Waals surface area contributed by atoms with Crippen molar-refractivity contribution in [1.29, 1.82) is 0 Å². The lowest BCUT2D eigenvalue weighted by Gasteiger charge is -2.06. The zero-order chi connectivity index (χ0) is 10.6. The fourth-order valence-electron chi connectivity index (χ4n) is 1.08. The van der Waals surface area contributed by atoms with Crippen LogP contribution in [0.4, 0.5) is 0 Å². The van der Waals surface area contributed by atoms with Crippen LogP contribution in [0, 0.1) is 0 Å². The molecule has 5 heteroatoms. The Hall–Kier alpha value is -0.940. The maximum Gasteiger partial charge on any atom is 0.244 e. The molecule has 1 N–H and O–H groups in total. The van der Waals surface area contributed by atoms with Crippen LogP contribution in [0.25, 0.3) is 0 Å². The second-order valence-electron chi connectivity index (χ2n) is 3.14. The minimum absolute atomic E-state index is 0.0882. The molecule has 1 rings (SSSR count). The Morgan fingerprint density at radius 1 is 1.36 bits per heavy atom. The first-order chi connectivity index (χ1) is 6.69. The summed E-state index contributed by atoms with van der Waals surface area (Å²) in [7, 11) is 1.61. The molecule has 2 unspecified atom stereocenters. The number of aromatic nitrogens is 2. The summed E-state index contributed by atoms with van der Waals surface area (Å²) in [5.74, 6) is 1.12. The quantitative estimate of drug-likeness (QED) is 0.777. The van der Waals surface area contributed by atoms with Gasteiger partial charge >= 0.3 is 0 Å². The van der Waals surface area contributed by atoms with E-state index in [9.17, 15) is 0 Å². The molecule has 14 heavy (non-hydrogen) atoms. The van der Waals surface area contributed by atoms with Gasteiger partial charge < -0.3 is 14.5 Å². The van der Waals surface area contributed by atoms with E-state index in [1.165, 1.54) is 0 Å². The lowest BCUT2D eigenvalue weighted by Crippen LogP contribution is -2.17. The van der Waals surface area contributed by atoms with E-state index in [0.717, 1.165) is 6.54 Å². The van der Waals surface area contributed by atoms with Gasteiger partial charge in [-0.05, 0) is 20.4 Å². The normalized spacial score (nSPS) is 15.4. The molecule has 0 amide bonds. The maximum absolute atomic E-state index is 5.44.